The molecule has 0 amide bonds. The van der Waals surface area contributed by atoms with Crippen molar-refractivity contribution in [2.75, 3.05) is 7.11 Å². The summed E-state index contributed by atoms with van der Waals surface area (Å²) in [5.74, 6) is -0.355. The van der Waals surface area contributed by atoms with Crippen LogP contribution in [0, 0.1) is 6.92 Å². The van der Waals surface area contributed by atoms with Crippen LogP contribution in [-0.2, 0) is 0 Å². The van der Waals surface area contributed by atoms with Gasteiger partial charge in [0.1, 0.15) is 5.22 Å². The van der Waals surface area contributed by atoms with Crippen LogP contribution in [0.4, 0.5) is 4.39 Å². The zero-order valence-electron chi connectivity index (χ0n) is 8.88. The number of fused-ring (bicyclic) bond motifs is 1. The molecular formula is C12H13FNO+. The van der Waals surface area contributed by atoms with Crippen LogP contribution >= 0.6 is 0 Å². The molecule has 3 heteroatoms. The molecule has 0 spiro atoms. The molecule has 0 atom stereocenters. The number of hydrogen-bond acceptors (Lipinski definition) is 1. The normalized spacial score (nSPS) is 20.1. The van der Waals surface area contributed by atoms with Gasteiger partial charge in [0.15, 0.2) is 11.9 Å². The minimum Gasteiger partial charge on any atom is -0.490 e. The molecule has 0 radical (unpaired) electrons. The van der Waals surface area contributed by atoms with Crippen LogP contribution in [-0.4, -0.2) is 12.9 Å². The molecule has 3 rings (SSSR count). The number of halogens is 1. The van der Waals surface area contributed by atoms with Gasteiger partial charge in [-0.25, -0.2) is 0 Å². The fraction of sp³-hybridized carbons (Fsp3) is 0.417. The van der Waals surface area contributed by atoms with E-state index in [1.165, 1.54) is 0 Å². The van der Waals surface area contributed by atoms with Gasteiger partial charge in [0, 0.05) is 0 Å². The second kappa shape index (κ2) is 2.60. The van der Waals surface area contributed by atoms with Gasteiger partial charge in [-0.2, -0.15) is 8.97 Å². The zero-order chi connectivity index (χ0) is 10.6. The SMILES string of the molecule is COc1cc(C)cc2c1=[N+](C1(F)CC1)C=2. The van der Waals surface area contributed by atoms with E-state index >= 15 is 0 Å². The molecule has 15 heavy (non-hydrogen) atoms. The van der Waals surface area contributed by atoms with Crippen molar-refractivity contribution in [1.82, 2.24) is 4.58 Å². The van der Waals surface area contributed by atoms with Crippen LogP contribution in [0.15, 0.2) is 12.1 Å². The maximum atomic E-state index is 13.9. The fourth-order valence-corrected chi connectivity index (χ4v) is 2.08. The van der Waals surface area contributed by atoms with Crippen molar-refractivity contribution < 1.29 is 9.13 Å². The van der Waals surface area contributed by atoms with Crippen LogP contribution in [0.25, 0.3) is 6.20 Å². The Morgan fingerprint density at radius 1 is 1.40 bits per heavy atom. The number of nitrogens with zero attached hydrogens (tertiary/aromatic N) is 1. The summed E-state index contributed by atoms with van der Waals surface area (Å²) in [5, 5.41) is 1.99. The Morgan fingerprint density at radius 2 is 2.13 bits per heavy atom. The summed E-state index contributed by atoms with van der Waals surface area (Å²) in [5.41, 5.74) is 1.14. The molecule has 1 aliphatic carbocycles. The summed E-state index contributed by atoms with van der Waals surface area (Å²) in [7, 11) is 1.63. The predicted molar refractivity (Wildman–Crippen MR) is 55.8 cm³/mol. The van der Waals surface area contributed by atoms with Gasteiger partial charge in [-0.05, 0) is 24.6 Å². The number of rotatable bonds is 2. The summed E-state index contributed by atoms with van der Waals surface area (Å²) in [4.78, 5) is 0. The van der Waals surface area contributed by atoms with Gasteiger partial charge in [-0.1, -0.05) is 0 Å². The van der Waals surface area contributed by atoms with Gasteiger partial charge >= 0.3 is 5.79 Å². The molecule has 1 aliphatic heterocycles. The molecule has 1 aromatic carbocycles. The van der Waals surface area contributed by atoms with E-state index < -0.39 is 5.79 Å². The lowest BCUT2D eigenvalue weighted by atomic mass is 10.1. The third-order valence-electron chi connectivity index (χ3n) is 3.07. The Hall–Kier alpha value is -1.38. The molecule has 78 valence electrons. The number of methoxy groups -OCH3 is 1. The highest BCUT2D eigenvalue weighted by Crippen LogP contribution is 2.39. The molecule has 1 aromatic rings. The van der Waals surface area contributed by atoms with Gasteiger partial charge in [0.05, 0.1) is 20.0 Å². The number of ether oxygens (including phenoxy) is 1. The average Bonchev–Trinajstić information content (AvgIpc) is 2.88. The highest BCUT2D eigenvalue weighted by atomic mass is 19.1. The van der Waals surface area contributed by atoms with Crippen molar-refractivity contribution in [3.63, 3.8) is 0 Å². The molecule has 0 bridgehead atoms. The Kier molecular flexibility index (Phi) is 1.54. The quantitative estimate of drug-likeness (QED) is 0.512. The third-order valence-corrected chi connectivity index (χ3v) is 3.07. The topological polar surface area (TPSA) is 12.2 Å². The van der Waals surface area contributed by atoms with Crippen LogP contribution in [0.1, 0.15) is 18.4 Å². The van der Waals surface area contributed by atoms with Crippen molar-refractivity contribution in [3.05, 3.63) is 28.3 Å². The van der Waals surface area contributed by atoms with Crippen molar-refractivity contribution in [2.45, 2.75) is 25.6 Å². The second-order valence-electron chi connectivity index (χ2n) is 4.32. The highest BCUT2D eigenvalue weighted by Gasteiger charge is 2.56. The van der Waals surface area contributed by atoms with E-state index in [0.717, 1.165) is 21.9 Å². The summed E-state index contributed by atoms with van der Waals surface area (Å²) >= 11 is 0. The van der Waals surface area contributed by atoms with E-state index in [2.05, 4.69) is 6.07 Å². The smallest absolute Gasteiger partial charge is 0.309 e. The Labute approximate surface area is 87.3 Å². The van der Waals surface area contributed by atoms with Gasteiger partial charge in [-0.15, -0.1) is 0 Å². The molecule has 2 aliphatic rings. The fourth-order valence-electron chi connectivity index (χ4n) is 2.08. The first-order valence-electron chi connectivity index (χ1n) is 5.16. The van der Waals surface area contributed by atoms with Gasteiger partial charge in [-0.3, -0.25) is 0 Å². The van der Waals surface area contributed by atoms with Crippen LogP contribution in [0.2, 0.25) is 0 Å². The lowest BCUT2D eigenvalue weighted by Gasteiger charge is -2.11. The standard InChI is InChI=1S/C12H13FNO/c1-8-5-9-7-14(12(13)3-4-12)11(9)10(6-8)15-2/h5-7H,3-4H2,1-2H3/q+1. The van der Waals surface area contributed by atoms with E-state index in [1.54, 1.807) is 11.7 Å². The summed E-state index contributed by atoms with van der Waals surface area (Å²) in [6.45, 7) is 2.02. The maximum Gasteiger partial charge on any atom is 0.309 e. The van der Waals surface area contributed by atoms with Crippen molar-refractivity contribution in [1.29, 1.82) is 0 Å². The van der Waals surface area contributed by atoms with E-state index in [1.807, 2.05) is 19.2 Å². The van der Waals surface area contributed by atoms with E-state index in [4.69, 9.17) is 4.74 Å². The minimum atomic E-state index is -1.13. The van der Waals surface area contributed by atoms with Crippen LogP contribution < -0.4 is 19.9 Å². The molecule has 1 saturated carbocycles. The number of benzene rings is 1. The molecule has 0 unspecified atom stereocenters. The monoisotopic (exact) mass is 206 g/mol. The first kappa shape index (κ1) is 8.89. The number of alkyl halides is 1. The summed E-state index contributed by atoms with van der Waals surface area (Å²) in [6.07, 6.45) is 3.12. The van der Waals surface area contributed by atoms with Crippen molar-refractivity contribution in [3.8, 4) is 5.75 Å². The molecule has 2 nitrogen and oxygen atoms in total. The van der Waals surface area contributed by atoms with Gasteiger partial charge < -0.3 is 4.74 Å². The zero-order valence-corrected chi connectivity index (χ0v) is 8.88. The summed E-state index contributed by atoms with van der Waals surface area (Å²) < 4.78 is 20.9. The molecule has 1 fully saturated rings. The maximum absolute atomic E-state index is 13.9. The molecule has 0 aromatic heterocycles. The Bertz CT molecular complexity index is 558. The van der Waals surface area contributed by atoms with Crippen molar-refractivity contribution >= 4 is 6.20 Å². The number of aryl methyl sites for hydroxylation is 1. The van der Waals surface area contributed by atoms with E-state index in [0.29, 0.717) is 12.8 Å². The minimum absolute atomic E-state index is 0.625. The lowest BCUT2D eigenvalue weighted by molar-refractivity contribution is 0.240. The predicted octanol–water partition coefficient (Wildman–Crippen LogP) is 0.706. The summed E-state index contributed by atoms with van der Waals surface area (Å²) in [6, 6.07) is 4.00. The molecule has 1 heterocycles. The van der Waals surface area contributed by atoms with E-state index in [-0.39, 0.29) is 0 Å². The average molecular weight is 206 g/mol. The Morgan fingerprint density at radius 3 is 2.73 bits per heavy atom. The van der Waals surface area contributed by atoms with Crippen LogP contribution in [0.5, 0.6) is 5.75 Å². The van der Waals surface area contributed by atoms with Gasteiger partial charge in [0.25, 0.3) is 5.36 Å². The first-order valence-corrected chi connectivity index (χ1v) is 5.16. The largest absolute Gasteiger partial charge is 0.490 e. The van der Waals surface area contributed by atoms with Gasteiger partial charge in [0.2, 0.25) is 0 Å². The lowest BCUT2D eigenvalue weighted by Crippen LogP contribution is -2.52. The highest BCUT2D eigenvalue weighted by molar-refractivity contribution is 5.43. The molecular weight excluding hydrogens is 193 g/mol. The first-order chi connectivity index (χ1) is 7.14. The molecule has 0 N–H and O–H groups in total. The third kappa shape index (κ3) is 1.12. The molecule has 0 saturated heterocycles. The van der Waals surface area contributed by atoms with Crippen molar-refractivity contribution in [2.24, 2.45) is 0 Å². The number of hydrogen-bond donors (Lipinski definition) is 0. The second-order valence-corrected chi connectivity index (χ2v) is 4.32. The van der Waals surface area contributed by atoms with E-state index in [9.17, 15) is 4.39 Å². The van der Waals surface area contributed by atoms with Crippen LogP contribution in [0.3, 0.4) is 0 Å². The Balaban J connectivity index is 2.27.